The number of nitrogen functional groups attached to an aromatic ring is 1. The SMILES string of the molecule is Cc1ncsc1-c1ccc([C@H](C)NC(=O)[C@@H]2C[C@@H](O)CN2C(=O)[C@@H](c2cc(N3CCN(CC4CCN(CCOC5CC(Oc6cc(N7C8CC[C@@H]7CN(c7cc(-c9ccccc9O)nnc7N)C8)ccn6)C5)CC4)CC3)no2)C(C)C)cc1. The van der Waals surface area contributed by atoms with Crippen LogP contribution in [0.1, 0.15) is 94.7 Å². The number of piperidine rings is 1. The molecule has 5 aliphatic heterocycles. The number of anilines is 4. The Labute approximate surface area is 489 Å². The molecule has 2 bridgehead atoms. The number of aryl methyl sites for hydroxylation is 1. The molecule has 5 saturated heterocycles. The van der Waals surface area contributed by atoms with Crippen LogP contribution in [0.5, 0.6) is 11.6 Å². The van der Waals surface area contributed by atoms with Crippen molar-refractivity contribution in [3.63, 3.8) is 0 Å². The number of phenols is 1. The molecule has 2 aromatic carbocycles. The van der Waals surface area contributed by atoms with Gasteiger partial charge in [0.25, 0.3) is 0 Å². The molecule has 5 N–H and O–H groups in total. The fourth-order valence-electron chi connectivity index (χ4n) is 13.5. The van der Waals surface area contributed by atoms with Gasteiger partial charge in [-0.1, -0.05) is 55.4 Å². The zero-order valence-corrected chi connectivity index (χ0v) is 48.9. The van der Waals surface area contributed by atoms with Crippen LogP contribution < -0.4 is 30.5 Å². The normalized spacial score (nSPS) is 24.1. The number of rotatable bonds is 19. The fourth-order valence-corrected chi connectivity index (χ4v) is 14.3. The van der Waals surface area contributed by atoms with E-state index < -0.39 is 18.1 Å². The van der Waals surface area contributed by atoms with Crippen molar-refractivity contribution in [2.75, 3.05) is 99.0 Å². The zero-order chi connectivity index (χ0) is 57.3. The number of fused-ring (bicyclic) bond motifs is 2. The van der Waals surface area contributed by atoms with E-state index in [4.69, 9.17) is 19.7 Å². The number of thiazole rings is 1. The Kier molecular flexibility index (Phi) is 16.9. The maximum absolute atomic E-state index is 14.4. The molecule has 0 radical (unpaired) electrons. The van der Waals surface area contributed by atoms with Crippen LogP contribution in [0.4, 0.5) is 23.0 Å². The quantitative estimate of drug-likeness (QED) is 0.0632. The van der Waals surface area contributed by atoms with E-state index in [0.29, 0.717) is 46.7 Å². The minimum atomic E-state index is -0.802. The van der Waals surface area contributed by atoms with E-state index in [0.717, 1.165) is 137 Å². The number of carbonyl (C=O) groups is 2. The van der Waals surface area contributed by atoms with Crippen LogP contribution >= 0.6 is 11.3 Å². The van der Waals surface area contributed by atoms with Gasteiger partial charge >= 0.3 is 0 Å². The van der Waals surface area contributed by atoms with Gasteiger partial charge in [-0.25, -0.2) is 9.97 Å². The maximum atomic E-state index is 14.4. The number of aromatic hydroxyl groups is 1. The van der Waals surface area contributed by atoms with Crippen LogP contribution in [0.3, 0.4) is 0 Å². The lowest BCUT2D eigenvalue weighted by Crippen LogP contribution is -2.54. The van der Waals surface area contributed by atoms with E-state index in [1.165, 1.54) is 17.7 Å². The number of hydrogen-bond acceptors (Lipinski definition) is 19. The summed E-state index contributed by atoms with van der Waals surface area (Å²) in [4.78, 5) is 52.1. The summed E-state index contributed by atoms with van der Waals surface area (Å²) < 4.78 is 18.7. The summed E-state index contributed by atoms with van der Waals surface area (Å²) in [7, 11) is 0. The lowest BCUT2D eigenvalue weighted by molar-refractivity contribution is -0.141. The number of β-amino-alcohol motifs (C(OH)–C–C–N with tert-alkyl or cyclic N) is 1. The molecular formula is C62H79N13O7S. The molecule has 1 aliphatic carbocycles. The molecule has 21 heteroatoms. The van der Waals surface area contributed by atoms with Gasteiger partial charge in [0.05, 0.1) is 52.3 Å². The van der Waals surface area contributed by atoms with Crippen molar-refractivity contribution in [3.8, 4) is 33.3 Å². The highest BCUT2D eigenvalue weighted by atomic mass is 32.1. The van der Waals surface area contributed by atoms with Gasteiger partial charge in [-0.2, -0.15) is 0 Å². The Morgan fingerprint density at radius 3 is 2.33 bits per heavy atom. The number of aliphatic hydroxyl groups excluding tert-OH is 1. The van der Waals surface area contributed by atoms with Gasteiger partial charge < -0.3 is 59.8 Å². The summed E-state index contributed by atoms with van der Waals surface area (Å²) in [6.07, 6.45) is 7.77. The van der Waals surface area contributed by atoms with E-state index in [9.17, 15) is 19.8 Å². The molecule has 6 aromatic rings. The summed E-state index contributed by atoms with van der Waals surface area (Å²) >= 11 is 1.60. The van der Waals surface area contributed by atoms with Gasteiger partial charge in [0.1, 0.15) is 23.8 Å². The average Bonchev–Trinajstić information content (AvgIpc) is 4.48. The van der Waals surface area contributed by atoms with Gasteiger partial charge in [0.15, 0.2) is 17.4 Å². The van der Waals surface area contributed by atoms with E-state index in [2.05, 4.69) is 67.3 Å². The number of para-hydroxylation sites is 1. The maximum Gasteiger partial charge on any atom is 0.243 e. The number of amides is 2. The van der Waals surface area contributed by atoms with Crippen LogP contribution in [0.15, 0.2) is 89.0 Å². The van der Waals surface area contributed by atoms with Crippen molar-refractivity contribution in [2.24, 2.45) is 11.8 Å². The van der Waals surface area contributed by atoms with Gasteiger partial charge in [-0.15, -0.1) is 21.5 Å². The highest BCUT2D eigenvalue weighted by Crippen LogP contribution is 2.41. The largest absolute Gasteiger partial charge is 0.507 e. The number of carbonyl (C=O) groups excluding carboxylic acids is 2. The lowest BCUT2D eigenvalue weighted by atomic mass is 9.91. The number of aromatic nitrogens is 5. The first-order valence-electron chi connectivity index (χ1n) is 29.9. The summed E-state index contributed by atoms with van der Waals surface area (Å²) in [5.41, 5.74) is 14.5. The standard InChI is InChI=1S/C62H79N13O7S/c1-38(2)58(62(79)74-36-47(76)28-53(74)61(78)66-39(3)42-9-11-43(12-10-42)59-40(4)65-37-83-59)55-32-56(69-82-55)72-23-21-71(22-24-72)33-41-16-19-70(20-17-41)25-26-80-48-29-49(30-48)81-57-27-44(15-18-64-57)75-45-13-14-46(75)35-73(34-45)52-31-51(67-68-60(52)63)50-7-5-6-8-54(50)77/h5-12,15,18,27,31-32,37-39,41,45-49,53,58,76-77H,13-14,16-17,19-26,28-30,33-36H2,1-4H3,(H2,63,68)(H,66,78)/t39-,45+,46?,47+,48?,49?,53-,58+/m0/s1. The Bertz CT molecular complexity index is 3180. The number of nitrogens with one attached hydrogen (secondary N) is 1. The van der Waals surface area contributed by atoms with Gasteiger partial charge in [0, 0.05) is 120 Å². The highest BCUT2D eigenvalue weighted by Gasteiger charge is 2.45. The number of ether oxygens (including phenoxy) is 2. The van der Waals surface area contributed by atoms with Crippen LogP contribution in [-0.2, 0) is 14.3 Å². The molecular weight excluding hydrogens is 1070 g/mol. The molecule has 1 saturated carbocycles. The minimum Gasteiger partial charge on any atom is -0.507 e. The number of nitrogens with two attached hydrogens (primary N) is 1. The smallest absolute Gasteiger partial charge is 0.243 e. The topological polar surface area (TPSA) is 228 Å². The van der Waals surface area contributed by atoms with E-state index in [1.807, 2.05) is 87.9 Å². The second kappa shape index (κ2) is 24.7. The molecule has 20 nitrogen and oxygen atoms in total. The van der Waals surface area contributed by atoms with E-state index in [1.54, 1.807) is 23.5 Å². The molecule has 12 rings (SSSR count). The van der Waals surface area contributed by atoms with Crippen molar-refractivity contribution in [1.29, 1.82) is 0 Å². The van der Waals surface area contributed by atoms with Crippen molar-refractivity contribution in [1.82, 2.24) is 45.3 Å². The molecule has 6 aliphatic rings. The van der Waals surface area contributed by atoms with Crippen molar-refractivity contribution in [2.45, 2.75) is 121 Å². The molecule has 2 amide bonds. The predicted molar refractivity (Wildman–Crippen MR) is 320 cm³/mol. The van der Waals surface area contributed by atoms with E-state index >= 15 is 0 Å². The molecule has 6 fully saturated rings. The first kappa shape index (κ1) is 56.6. The summed E-state index contributed by atoms with van der Waals surface area (Å²) in [5, 5.41) is 37.4. The van der Waals surface area contributed by atoms with Gasteiger partial charge in [-0.3, -0.25) is 14.5 Å². The molecule has 1 unspecified atom stereocenters. The monoisotopic (exact) mass is 1150 g/mol. The van der Waals surface area contributed by atoms with Crippen LogP contribution in [-0.4, -0.2) is 177 Å². The Morgan fingerprint density at radius 2 is 1.60 bits per heavy atom. The summed E-state index contributed by atoms with van der Waals surface area (Å²) in [5.74, 6) is 1.78. The lowest BCUT2D eigenvalue weighted by Gasteiger charge is -2.43. The van der Waals surface area contributed by atoms with E-state index in [-0.39, 0.29) is 54.7 Å². The average molecular weight is 1150 g/mol. The minimum absolute atomic E-state index is 0.0847. The molecule has 6 atom stereocenters. The first-order valence-corrected chi connectivity index (χ1v) is 30.8. The highest BCUT2D eigenvalue weighted by molar-refractivity contribution is 7.13. The third-order valence-electron chi connectivity index (χ3n) is 18.2. The number of likely N-dealkylation sites (tertiary alicyclic amines) is 2. The summed E-state index contributed by atoms with van der Waals surface area (Å²) in [6, 6.07) is 22.8. The van der Waals surface area contributed by atoms with Gasteiger partial charge in [-0.05, 0) is 99.8 Å². The second-order valence-corrected chi connectivity index (χ2v) is 25.0. The number of phenolic OH excluding ortho intramolecular Hbond substituents is 1. The van der Waals surface area contributed by atoms with Crippen molar-refractivity contribution in [3.05, 3.63) is 102 Å². The van der Waals surface area contributed by atoms with Crippen molar-refractivity contribution >= 4 is 46.2 Å². The van der Waals surface area contributed by atoms with Gasteiger partial charge in [0.2, 0.25) is 17.7 Å². The van der Waals surface area contributed by atoms with Crippen molar-refractivity contribution < 1.29 is 33.8 Å². The number of benzene rings is 2. The number of aliphatic hydroxyl groups is 1. The molecule has 83 heavy (non-hydrogen) atoms. The zero-order valence-electron chi connectivity index (χ0n) is 48.1. The Morgan fingerprint density at radius 1 is 0.843 bits per heavy atom. The third kappa shape index (κ3) is 12.5. The fraction of sp³-hybridized carbons (Fsp3) is 0.532. The number of nitrogens with zero attached hydrogens (tertiary/aromatic N) is 11. The second-order valence-electron chi connectivity index (χ2n) is 24.2. The molecule has 0 spiro atoms. The van der Waals surface area contributed by atoms with Crippen LogP contribution in [0.2, 0.25) is 0 Å². The molecule has 9 heterocycles. The number of hydrogen-bond donors (Lipinski definition) is 4. The molecule has 440 valence electrons. The number of pyridine rings is 1. The van der Waals surface area contributed by atoms with Crippen LogP contribution in [0, 0.1) is 18.8 Å². The first-order chi connectivity index (χ1) is 40.3. The Hall–Kier alpha value is -6.91. The summed E-state index contributed by atoms with van der Waals surface area (Å²) in [6.45, 7) is 18.0. The third-order valence-corrected chi connectivity index (χ3v) is 19.2. The predicted octanol–water partition coefficient (Wildman–Crippen LogP) is 7.14. The number of piperazine rings is 2. The Balaban J connectivity index is 0.543. The molecule has 4 aromatic heterocycles. The van der Waals surface area contributed by atoms with Crippen LogP contribution in [0.25, 0.3) is 21.7 Å².